The van der Waals surface area contributed by atoms with E-state index in [0.29, 0.717) is 30.0 Å². The smallest absolute Gasteiger partial charge is 0.223 e. The Bertz CT molecular complexity index is 1330. The zero-order valence-electron chi connectivity index (χ0n) is 19.2. The maximum atomic E-state index is 14.2. The summed E-state index contributed by atoms with van der Waals surface area (Å²) < 4.78 is 25.4. The molecule has 3 aromatic carbocycles. The Morgan fingerprint density at radius 3 is 2.62 bits per heavy atom. The van der Waals surface area contributed by atoms with Crippen molar-refractivity contribution in [3.63, 3.8) is 0 Å². The predicted molar refractivity (Wildman–Crippen MR) is 130 cm³/mol. The van der Waals surface area contributed by atoms with Gasteiger partial charge in [0, 0.05) is 41.0 Å². The van der Waals surface area contributed by atoms with Gasteiger partial charge in [0.15, 0.2) is 11.5 Å². The third kappa shape index (κ3) is 4.00. The molecular formula is C28H27FN2O3. The fraction of sp³-hybridized carbons (Fsp3) is 0.250. The molecule has 0 radical (unpaired) electrons. The summed E-state index contributed by atoms with van der Waals surface area (Å²) >= 11 is 0. The monoisotopic (exact) mass is 458 g/mol. The van der Waals surface area contributed by atoms with Crippen LogP contribution in [-0.4, -0.2) is 31.7 Å². The molecule has 5 nitrogen and oxygen atoms in total. The Kier molecular flexibility index (Phi) is 5.97. The number of halogens is 1. The van der Waals surface area contributed by atoms with Crippen LogP contribution in [0.4, 0.5) is 4.39 Å². The summed E-state index contributed by atoms with van der Waals surface area (Å²) in [4.78, 5) is 16.4. The van der Waals surface area contributed by atoms with Crippen LogP contribution in [0.2, 0.25) is 0 Å². The largest absolute Gasteiger partial charge is 0.493 e. The molecule has 2 N–H and O–H groups in total. The Morgan fingerprint density at radius 1 is 1.03 bits per heavy atom. The number of para-hydroxylation sites is 2. The van der Waals surface area contributed by atoms with Crippen molar-refractivity contribution >= 4 is 16.8 Å². The van der Waals surface area contributed by atoms with Gasteiger partial charge in [-0.3, -0.25) is 4.79 Å². The lowest BCUT2D eigenvalue weighted by Crippen LogP contribution is -2.30. The van der Waals surface area contributed by atoms with Crippen molar-refractivity contribution in [1.82, 2.24) is 10.3 Å². The molecule has 34 heavy (non-hydrogen) atoms. The van der Waals surface area contributed by atoms with E-state index < -0.39 is 0 Å². The first-order valence-corrected chi connectivity index (χ1v) is 11.4. The number of ether oxygens (including phenoxy) is 2. The van der Waals surface area contributed by atoms with E-state index in [2.05, 4.69) is 16.4 Å². The molecule has 1 aromatic heterocycles. The second kappa shape index (κ2) is 9.21. The second-order valence-corrected chi connectivity index (χ2v) is 8.64. The number of nitrogens with one attached hydrogen (secondary N) is 2. The van der Waals surface area contributed by atoms with E-state index in [1.807, 2.05) is 48.7 Å². The van der Waals surface area contributed by atoms with Crippen LogP contribution in [0.5, 0.6) is 11.5 Å². The van der Waals surface area contributed by atoms with E-state index in [0.717, 1.165) is 22.0 Å². The fourth-order valence-corrected chi connectivity index (χ4v) is 4.89. The molecule has 3 unspecified atom stereocenters. The molecule has 6 heteroatoms. The van der Waals surface area contributed by atoms with Crippen LogP contribution in [0.15, 0.2) is 72.9 Å². The zero-order chi connectivity index (χ0) is 23.7. The lowest BCUT2D eigenvalue weighted by Gasteiger charge is -2.22. The molecule has 3 atom stereocenters. The average molecular weight is 459 g/mol. The van der Waals surface area contributed by atoms with Crippen LogP contribution in [0.3, 0.4) is 0 Å². The number of carbonyl (C=O) groups is 1. The van der Waals surface area contributed by atoms with E-state index in [9.17, 15) is 9.18 Å². The summed E-state index contributed by atoms with van der Waals surface area (Å²) in [7, 11) is 3.23. The zero-order valence-corrected chi connectivity index (χ0v) is 19.2. The first-order valence-electron chi connectivity index (χ1n) is 11.4. The Morgan fingerprint density at radius 2 is 1.82 bits per heavy atom. The average Bonchev–Trinajstić information content (AvgIpc) is 3.56. The lowest BCUT2D eigenvalue weighted by molar-refractivity contribution is -0.122. The highest BCUT2D eigenvalue weighted by molar-refractivity contribution is 5.85. The Labute approximate surface area is 197 Å². The summed E-state index contributed by atoms with van der Waals surface area (Å²) in [5, 5.41) is 4.22. The van der Waals surface area contributed by atoms with Crippen LogP contribution in [-0.2, 0) is 4.79 Å². The van der Waals surface area contributed by atoms with Crippen molar-refractivity contribution in [1.29, 1.82) is 0 Å². The number of benzene rings is 3. The summed E-state index contributed by atoms with van der Waals surface area (Å²) in [6, 6.07) is 20.6. The van der Waals surface area contributed by atoms with E-state index in [1.54, 1.807) is 26.4 Å². The van der Waals surface area contributed by atoms with E-state index >= 15 is 0 Å². The fourth-order valence-electron chi connectivity index (χ4n) is 4.89. The first kappa shape index (κ1) is 22.0. The van der Waals surface area contributed by atoms with Gasteiger partial charge < -0.3 is 19.8 Å². The quantitative estimate of drug-likeness (QED) is 0.373. The number of fused-ring (bicyclic) bond motifs is 1. The number of carbonyl (C=O) groups excluding carboxylic acids is 1. The number of H-pyrrole nitrogens is 1. The molecule has 4 aromatic rings. The Balaban J connectivity index is 1.43. The molecule has 0 bridgehead atoms. The number of hydrogen-bond donors (Lipinski definition) is 2. The third-order valence-electron chi connectivity index (χ3n) is 6.72. The Hall–Kier alpha value is -3.80. The van der Waals surface area contributed by atoms with Crippen molar-refractivity contribution in [3.05, 3.63) is 95.4 Å². The summed E-state index contributed by atoms with van der Waals surface area (Å²) in [5.41, 5.74) is 3.63. The van der Waals surface area contributed by atoms with Crippen LogP contribution >= 0.6 is 0 Å². The summed E-state index contributed by atoms with van der Waals surface area (Å²) in [5.74, 6) is 0.520. The predicted octanol–water partition coefficient (Wildman–Crippen LogP) is 5.38. The molecule has 1 heterocycles. The van der Waals surface area contributed by atoms with Gasteiger partial charge in [0.1, 0.15) is 5.82 Å². The highest BCUT2D eigenvalue weighted by atomic mass is 19.1. The molecule has 0 saturated heterocycles. The van der Waals surface area contributed by atoms with E-state index in [1.165, 1.54) is 6.07 Å². The maximum absolute atomic E-state index is 14.2. The minimum Gasteiger partial charge on any atom is -0.493 e. The van der Waals surface area contributed by atoms with E-state index in [-0.39, 0.29) is 29.5 Å². The van der Waals surface area contributed by atoms with Crippen molar-refractivity contribution in [3.8, 4) is 11.5 Å². The number of methoxy groups -OCH3 is 2. The van der Waals surface area contributed by atoms with Crippen molar-refractivity contribution in [2.45, 2.75) is 18.3 Å². The molecule has 5 rings (SSSR count). The number of amides is 1. The maximum Gasteiger partial charge on any atom is 0.223 e. The molecule has 0 aliphatic heterocycles. The molecular weight excluding hydrogens is 431 g/mol. The highest BCUT2D eigenvalue weighted by Gasteiger charge is 2.45. The number of hydrogen-bond acceptors (Lipinski definition) is 3. The van der Waals surface area contributed by atoms with Gasteiger partial charge in [0.25, 0.3) is 0 Å². The van der Waals surface area contributed by atoms with Crippen molar-refractivity contribution in [2.24, 2.45) is 5.92 Å². The summed E-state index contributed by atoms with van der Waals surface area (Å²) in [6.07, 6.45) is 2.65. The minimum atomic E-state index is -0.249. The van der Waals surface area contributed by atoms with Crippen LogP contribution < -0.4 is 14.8 Å². The standard InChI is InChI=1S/C28H27FN2O3/c1-33-26-13-7-10-19(27(26)34-2)23(22-15-30-25-12-6-4-9-18(22)25)16-31-28(32)21-14-20(21)17-8-3-5-11-24(17)29/h3-13,15,20-21,23,30H,14,16H2,1-2H3,(H,31,32). The van der Waals surface area contributed by atoms with Crippen LogP contribution in [0, 0.1) is 11.7 Å². The van der Waals surface area contributed by atoms with Crippen molar-refractivity contribution < 1.29 is 18.7 Å². The van der Waals surface area contributed by atoms with Gasteiger partial charge in [-0.1, -0.05) is 48.5 Å². The molecule has 1 fully saturated rings. The molecule has 1 amide bonds. The molecule has 1 aliphatic carbocycles. The van der Waals surface area contributed by atoms with Gasteiger partial charge in [-0.15, -0.1) is 0 Å². The number of aromatic nitrogens is 1. The van der Waals surface area contributed by atoms with Gasteiger partial charge >= 0.3 is 0 Å². The minimum absolute atomic E-state index is 0.0556. The topological polar surface area (TPSA) is 63.3 Å². The SMILES string of the molecule is COc1cccc(C(CNC(=O)C2CC2c2ccccc2F)c2c[nH]c3ccccc23)c1OC. The highest BCUT2D eigenvalue weighted by Crippen LogP contribution is 2.48. The van der Waals surface area contributed by atoms with Crippen LogP contribution in [0.1, 0.15) is 34.9 Å². The molecule has 0 spiro atoms. The molecule has 1 saturated carbocycles. The summed E-state index contributed by atoms with van der Waals surface area (Å²) in [6.45, 7) is 0.380. The molecule has 1 aliphatic rings. The van der Waals surface area contributed by atoms with E-state index in [4.69, 9.17) is 9.47 Å². The normalized spacial score (nSPS) is 17.9. The number of aromatic amines is 1. The van der Waals surface area contributed by atoms with Gasteiger partial charge in [-0.05, 0) is 41.7 Å². The molecule has 174 valence electrons. The van der Waals surface area contributed by atoms with Gasteiger partial charge in [0.2, 0.25) is 5.91 Å². The van der Waals surface area contributed by atoms with Gasteiger partial charge in [-0.25, -0.2) is 4.39 Å². The van der Waals surface area contributed by atoms with Gasteiger partial charge in [0.05, 0.1) is 14.2 Å². The first-order chi connectivity index (χ1) is 16.6. The van der Waals surface area contributed by atoms with Crippen LogP contribution in [0.25, 0.3) is 10.9 Å². The lowest BCUT2D eigenvalue weighted by atomic mass is 9.89. The van der Waals surface area contributed by atoms with Gasteiger partial charge in [-0.2, -0.15) is 0 Å². The van der Waals surface area contributed by atoms with Crippen molar-refractivity contribution in [2.75, 3.05) is 20.8 Å². The third-order valence-corrected chi connectivity index (χ3v) is 6.72. The second-order valence-electron chi connectivity index (χ2n) is 8.64. The number of rotatable bonds is 8.